The third kappa shape index (κ3) is 4.24. The summed E-state index contributed by atoms with van der Waals surface area (Å²) in [5, 5.41) is 6.24. The Morgan fingerprint density at radius 2 is 1.89 bits per heavy atom. The Bertz CT molecular complexity index is 396. The minimum atomic E-state index is -2.99. The molecule has 0 spiro atoms. The average Bonchev–Trinajstić information content (AvgIpc) is 2.56. The molecule has 2 heterocycles. The standard InChI is InChI=1S/C12H22N2O3S/c1-18(16,17)5-4-13-12(15)8-9-6-10-2-3-11(7-9)14-10/h9-11,14H,2-8H2,1H3,(H,13,15). The van der Waals surface area contributed by atoms with Gasteiger partial charge in [0.2, 0.25) is 5.91 Å². The van der Waals surface area contributed by atoms with Crippen LogP contribution in [0.2, 0.25) is 0 Å². The molecule has 5 nitrogen and oxygen atoms in total. The van der Waals surface area contributed by atoms with Gasteiger partial charge in [-0.2, -0.15) is 0 Å². The Kier molecular flexibility index (Phi) is 4.27. The van der Waals surface area contributed by atoms with E-state index in [-0.39, 0.29) is 18.2 Å². The van der Waals surface area contributed by atoms with Crippen LogP contribution in [-0.2, 0) is 14.6 Å². The maximum absolute atomic E-state index is 11.7. The third-order valence-corrected chi connectivity index (χ3v) is 4.79. The molecule has 2 aliphatic rings. The fraction of sp³-hybridized carbons (Fsp3) is 0.917. The van der Waals surface area contributed by atoms with Crippen LogP contribution in [0.25, 0.3) is 0 Å². The van der Waals surface area contributed by atoms with Crippen molar-refractivity contribution in [2.45, 2.75) is 44.2 Å². The predicted molar refractivity (Wildman–Crippen MR) is 70.0 cm³/mol. The van der Waals surface area contributed by atoms with Gasteiger partial charge in [0.25, 0.3) is 0 Å². The average molecular weight is 274 g/mol. The van der Waals surface area contributed by atoms with E-state index in [1.165, 1.54) is 19.1 Å². The molecule has 2 atom stereocenters. The Morgan fingerprint density at radius 1 is 1.28 bits per heavy atom. The SMILES string of the molecule is CS(=O)(=O)CCNC(=O)CC1CC2CCC(C1)N2. The Balaban J connectivity index is 1.68. The second-order valence-electron chi connectivity index (χ2n) is 5.66. The number of piperidine rings is 1. The molecule has 2 bridgehead atoms. The summed E-state index contributed by atoms with van der Waals surface area (Å²) in [5.74, 6) is 0.475. The van der Waals surface area contributed by atoms with E-state index in [1.807, 2.05) is 0 Å². The van der Waals surface area contributed by atoms with Crippen LogP contribution in [0.4, 0.5) is 0 Å². The molecule has 0 aromatic heterocycles. The van der Waals surface area contributed by atoms with Crippen molar-refractivity contribution in [1.82, 2.24) is 10.6 Å². The number of hydrogen-bond donors (Lipinski definition) is 2. The van der Waals surface area contributed by atoms with Crippen molar-refractivity contribution in [1.29, 1.82) is 0 Å². The summed E-state index contributed by atoms with van der Waals surface area (Å²) in [6, 6.07) is 1.19. The number of rotatable bonds is 5. The fourth-order valence-electron chi connectivity index (χ4n) is 3.05. The molecule has 2 aliphatic heterocycles. The first-order valence-electron chi connectivity index (χ1n) is 6.63. The lowest BCUT2D eigenvalue weighted by Crippen LogP contribution is -2.40. The first kappa shape index (κ1) is 13.8. The highest BCUT2D eigenvalue weighted by atomic mass is 32.2. The monoisotopic (exact) mass is 274 g/mol. The zero-order valence-electron chi connectivity index (χ0n) is 10.8. The molecule has 2 N–H and O–H groups in total. The van der Waals surface area contributed by atoms with E-state index in [0.717, 1.165) is 12.8 Å². The van der Waals surface area contributed by atoms with Crippen LogP contribution < -0.4 is 10.6 Å². The number of sulfone groups is 1. The lowest BCUT2D eigenvalue weighted by atomic mass is 9.89. The molecule has 104 valence electrons. The van der Waals surface area contributed by atoms with Gasteiger partial charge in [-0.3, -0.25) is 4.79 Å². The highest BCUT2D eigenvalue weighted by Gasteiger charge is 2.34. The molecule has 0 aliphatic carbocycles. The van der Waals surface area contributed by atoms with Crippen LogP contribution in [0, 0.1) is 5.92 Å². The summed E-state index contributed by atoms with van der Waals surface area (Å²) in [7, 11) is -2.99. The Labute approximate surface area is 109 Å². The van der Waals surface area contributed by atoms with E-state index in [2.05, 4.69) is 10.6 Å². The summed E-state index contributed by atoms with van der Waals surface area (Å²) < 4.78 is 21.9. The van der Waals surface area contributed by atoms with Crippen molar-refractivity contribution in [3.63, 3.8) is 0 Å². The second kappa shape index (κ2) is 5.57. The minimum absolute atomic E-state index is 0.00931. The smallest absolute Gasteiger partial charge is 0.220 e. The maximum atomic E-state index is 11.7. The first-order valence-corrected chi connectivity index (χ1v) is 8.69. The van der Waals surface area contributed by atoms with Gasteiger partial charge in [0.15, 0.2) is 0 Å². The molecule has 0 saturated carbocycles. The van der Waals surface area contributed by atoms with Gasteiger partial charge in [0.05, 0.1) is 5.75 Å². The normalized spacial score (nSPS) is 31.3. The second-order valence-corrected chi connectivity index (χ2v) is 7.92. The molecule has 6 heteroatoms. The molecule has 2 rings (SSSR count). The number of carbonyl (C=O) groups excluding carboxylic acids is 1. The van der Waals surface area contributed by atoms with E-state index in [9.17, 15) is 13.2 Å². The molecular formula is C12H22N2O3S. The summed E-state index contributed by atoms with van der Waals surface area (Å²) >= 11 is 0. The number of fused-ring (bicyclic) bond motifs is 2. The summed E-state index contributed by atoms with van der Waals surface area (Å²) in [4.78, 5) is 11.7. The molecule has 0 aromatic carbocycles. The lowest BCUT2D eigenvalue weighted by molar-refractivity contribution is -0.122. The minimum Gasteiger partial charge on any atom is -0.355 e. The van der Waals surface area contributed by atoms with Gasteiger partial charge in [-0.25, -0.2) is 8.42 Å². The van der Waals surface area contributed by atoms with Gasteiger partial charge in [0.1, 0.15) is 9.84 Å². The molecule has 18 heavy (non-hydrogen) atoms. The molecule has 0 aromatic rings. The fourth-order valence-corrected chi connectivity index (χ4v) is 3.52. The number of hydrogen-bond acceptors (Lipinski definition) is 4. The first-order chi connectivity index (χ1) is 8.42. The van der Waals surface area contributed by atoms with Crippen molar-refractivity contribution < 1.29 is 13.2 Å². The van der Waals surface area contributed by atoms with Gasteiger partial charge in [-0.05, 0) is 31.6 Å². The van der Waals surface area contributed by atoms with Crippen LogP contribution in [0.5, 0.6) is 0 Å². The Hall–Kier alpha value is -0.620. The summed E-state index contributed by atoms with van der Waals surface area (Å²) in [6.07, 6.45) is 6.35. The zero-order chi connectivity index (χ0) is 13.2. The van der Waals surface area contributed by atoms with Crippen LogP contribution >= 0.6 is 0 Å². The van der Waals surface area contributed by atoms with Gasteiger partial charge in [-0.1, -0.05) is 0 Å². The highest BCUT2D eigenvalue weighted by molar-refractivity contribution is 7.90. The molecule has 1 amide bonds. The topological polar surface area (TPSA) is 75.3 Å². The van der Waals surface area contributed by atoms with E-state index >= 15 is 0 Å². The molecule has 2 fully saturated rings. The molecule has 2 saturated heterocycles. The van der Waals surface area contributed by atoms with Crippen molar-refractivity contribution in [3.05, 3.63) is 0 Å². The molecular weight excluding hydrogens is 252 g/mol. The number of amides is 1. The highest BCUT2D eigenvalue weighted by Crippen LogP contribution is 2.32. The van der Waals surface area contributed by atoms with E-state index in [4.69, 9.17) is 0 Å². The van der Waals surface area contributed by atoms with E-state index in [0.29, 0.717) is 24.4 Å². The van der Waals surface area contributed by atoms with Crippen LogP contribution in [0.3, 0.4) is 0 Å². The summed E-state index contributed by atoms with van der Waals surface area (Å²) in [6.45, 7) is 0.232. The van der Waals surface area contributed by atoms with Crippen molar-refractivity contribution in [2.24, 2.45) is 5.92 Å². The molecule has 2 unspecified atom stereocenters. The van der Waals surface area contributed by atoms with Gasteiger partial charge in [-0.15, -0.1) is 0 Å². The van der Waals surface area contributed by atoms with Crippen LogP contribution in [-0.4, -0.2) is 45.0 Å². The van der Waals surface area contributed by atoms with Crippen molar-refractivity contribution in [3.8, 4) is 0 Å². The maximum Gasteiger partial charge on any atom is 0.220 e. The summed E-state index contributed by atoms with van der Waals surface area (Å²) in [5.41, 5.74) is 0. The van der Waals surface area contributed by atoms with E-state index < -0.39 is 9.84 Å². The largest absolute Gasteiger partial charge is 0.355 e. The lowest BCUT2D eigenvalue weighted by Gasteiger charge is -2.28. The van der Waals surface area contributed by atoms with Crippen molar-refractivity contribution in [2.75, 3.05) is 18.6 Å². The predicted octanol–water partition coefficient (Wildman–Crippen LogP) is 0.0679. The van der Waals surface area contributed by atoms with Crippen LogP contribution in [0.1, 0.15) is 32.1 Å². The van der Waals surface area contributed by atoms with Gasteiger partial charge < -0.3 is 10.6 Å². The zero-order valence-corrected chi connectivity index (χ0v) is 11.6. The number of carbonyl (C=O) groups is 1. The van der Waals surface area contributed by atoms with E-state index in [1.54, 1.807) is 0 Å². The van der Waals surface area contributed by atoms with Crippen molar-refractivity contribution >= 4 is 15.7 Å². The van der Waals surface area contributed by atoms with Crippen LogP contribution in [0.15, 0.2) is 0 Å². The quantitative estimate of drug-likeness (QED) is 0.744. The third-order valence-electron chi connectivity index (χ3n) is 3.84. The number of nitrogens with one attached hydrogen (secondary N) is 2. The Morgan fingerprint density at radius 3 is 2.44 bits per heavy atom. The van der Waals surface area contributed by atoms with Gasteiger partial charge in [0, 0.05) is 31.3 Å². The molecule has 0 radical (unpaired) electrons. The van der Waals surface area contributed by atoms with Gasteiger partial charge >= 0.3 is 0 Å².